The van der Waals surface area contributed by atoms with Gasteiger partial charge in [-0.05, 0) is 48.1 Å². The second-order valence-corrected chi connectivity index (χ2v) is 9.62. The van der Waals surface area contributed by atoms with Gasteiger partial charge in [-0.1, -0.05) is 57.5 Å². The molecule has 1 aliphatic carbocycles. The van der Waals surface area contributed by atoms with Gasteiger partial charge < -0.3 is 10.1 Å². The molecule has 2 aromatic rings. The molecule has 1 amide bonds. The number of thiophene rings is 1. The zero-order valence-corrected chi connectivity index (χ0v) is 18.7. The number of benzene rings is 1. The number of rotatable bonds is 7. The molecule has 4 nitrogen and oxygen atoms in total. The molecule has 0 radical (unpaired) electrons. The quantitative estimate of drug-likeness (QED) is 0.597. The zero-order chi connectivity index (χ0) is 21.0. The van der Waals surface area contributed by atoms with E-state index in [4.69, 9.17) is 4.74 Å². The van der Waals surface area contributed by atoms with Crippen LogP contribution in [-0.4, -0.2) is 19.0 Å². The molecule has 1 atom stereocenters. The number of esters is 1. The number of carbonyl (C=O) groups excluding carboxylic acids is 2. The van der Waals surface area contributed by atoms with E-state index in [0.29, 0.717) is 29.3 Å². The van der Waals surface area contributed by atoms with E-state index in [1.807, 2.05) is 30.3 Å². The second kappa shape index (κ2) is 9.12. The summed E-state index contributed by atoms with van der Waals surface area (Å²) >= 11 is 1.55. The van der Waals surface area contributed by atoms with E-state index in [-0.39, 0.29) is 17.3 Å². The van der Waals surface area contributed by atoms with Gasteiger partial charge in [-0.2, -0.15) is 0 Å². The highest BCUT2D eigenvalue weighted by Gasteiger charge is 2.35. The maximum Gasteiger partial charge on any atom is 0.341 e. The molecule has 0 spiro atoms. The van der Waals surface area contributed by atoms with Crippen molar-refractivity contribution in [3.05, 3.63) is 51.9 Å². The first-order chi connectivity index (χ1) is 13.9. The van der Waals surface area contributed by atoms with E-state index in [1.54, 1.807) is 11.3 Å². The van der Waals surface area contributed by atoms with Crippen LogP contribution in [0.2, 0.25) is 0 Å². The molecule has 0 fully saturated rings. The Hall–Kier alpha value is -2.14. The van der Waals surface area contributed by atoms with Crippen molar-refractivity contribution in [2.75, 3.05) is 12.4 Å². The molecule has 1 aromatic carbocycles. The first-order valence-electron chi connectivity index (χ1n) is 10.4. The molecule has 156 valence electrons. The van der Waals surface area contributed by atoms with Crippen LogP contribution in [0.3, 0.4) is 0 Å². The molecule has 0 saturated heterocycles. The summed E-state index contributed by atoms with van der Waals surface area (Å²) in [4.78, 5) is 26.3. The SMILES string of the molecule is CCC(C)(C)[C@H]1CCc2c(sc(NC(=O)CCc3ccccc3)c2C(=O)OC)C1. The molecule has 29 heavy (non-hydrogen) atoms. The molecule has 3 rings (SSSR count). The summed E-state index contributed by atoms with van der Waals surface area (Å²) in [5.74, 6) is 0.169. The average molecular weight is 414 g/mol. The van der Waals surface area contributed by atoms with Gasteiger partial charge in [0.2, 0.25) is 5.91 Å². The molecule has 1 heterocycles. The van der Waals surface area contributed by atoms with Crippen LogP contribution in [0.25, 0.3) is 0 Å². The van der Waals surface area contributed by atoms with Crippen molar-refractivity contribution in [2.45, 2.75) is 59.3 Å². The summed E-state index contributed by atoms with van der Waals surface area (Å²) in [5, 5.41) is 3.65. The monoisotopic (exact) mass is 413 g/mol. The largest absolute Gasteiger partial charge is 0.465 e. The van der Waals surface area contributed by atoms with E-state index in [2.05, 4.69) is 26.1 Å². The first-order valence-corrected chi connectivity index (χ1v) is 11.2. The third-order valence-electron chi connectivity index (χ3n) is 6.41. The highest BCUT2D eigenvalue weighted by molar-refractivity contribution is 7.17. The van der Waals surface area contributed by atoms with Gasteiger partial charge in [0.15, 0.2) is 0 Å². The number of amides is 1. The van der Waals surface area contributed by atoms with E-state index >= 15 is 0 Å². The number of anilines is 1. The molecule has 1 aromatic heterocycles. The average Bonchev–Trinajstić information content (AvgIpc) is 3.09. The van der Waals surface area contributed by atoms with E-state index in [0.717, 1.165) is 36.8 Å². The van der Waals surface area contributed by atoms with E-state index in [1.165, 1.54) is 12.0 Å². The fraction of sp³-hybridized carbons (Fsp3) is 0.500. The lowest BCUT2D eigenvalue weighted by Crippen LogP contribution is -2.28. The fourth-order valence-corrected chi connectivity index (χ4v) is 5.37. The van der Waals surface area contributed by atoms with Crippen molar-refractivity contribution >= 4 is 28.2 Å². The number of hydrogen-bond donors (Lipinski definition) is 1. The van der Waals surface area contributed by atoms with Crippen LogP contribution < -0.4 is 5.32 Å². The van der Waals surface area contributed by atoms with Gasteiger partial charge in [-0.15, -0.1) is 11.3 Å². The summed E-state index contributed by atoms with van der Waals surface area (Å²) < 4.78 is 5.04. The van der Waals surface area contributed by atoms with Crippen LogP contribution in [0.1, 0.15) is 66.4 Å². The van der Waals surface area contributed by atoms with Crippen LogP contribution in [0, 0.1) is 11.3 Å². The van der Waals surface area contributed by atoms with E-state index in [9.17, 15) is 9.59 Å². The Morgan fingerprint density at radius 2 is 1.97 bits per heavy atom. The van der Waals surface area contributed by atoms with Gasteiger partial charge in [0.05, 0.1) is 12.7 Å². The van der Waals surface area contributed by atoms with Crippen LogP contribution in [-0.2, 0) is 28.8 Å². The van der Waals surface area contributed by atoms with Crippen LogP contribution in [0.5, 0.6) is 0 Å². The molecule has 1 N–H and O–H groups in total. The van der Waals surface area contributed by atoms with Crippen molar-refractivity contribution in [3.8, 4) is 0 Å². The Labute approximate surface area is 177 Å². The van der Waals surface area contributed by atoms with Crippen LogP contribution in [0.4, 0.5) is 5.00 Å². The smallest absolute Gasteiger partial charge is 0.341 e. The third-order valence-corrected chi connectivity index (χ3v) is 7.58. The van der Waals surface area contributed by atoms with Crippen molar-refractivity contribution < 1.29 is 14.3 Å². The number of fused-ring (bicyclic) bond motifs is 1. The third kappa shape index (κ3) is 4.89. The Kier molecular flexibility index (Phi) is 6.78. The van der Waals surface area contributed by atoms with Gasteiger partial charge in [-0.25, -0.2) is 4.79 Å². The fourth-order valence-electron chi connectivity index (χ4n) is 4.04. The minimum Gasteiger partial charge on any atom is -0.465 e. The number of aryl methyl sites for hydroxylation is 1. The van der Waals surface area contributed by atoms with E-state index < -0.39 is 0 Å². The first kappa shape index (κ1) is 21.6. The standard InChI is InChI=1S/C24H31NO3S/c1-5-24(2,3)17-12-13-18-19(15-17)29-22(21(18)23(27)28-4)25-20(26)14-11-16-9-7-6-8-10-16/h6-10,17H,5,11-15H2,1-4H3,(H,25,26)/t17-/m0/s1. The van der Waals surface area contributed by atoms with Crippen molar-refractivity contribution in [1.82, 2.24) is 0 Å². The molecule has 5 heteroatoms. The van der Waals surface area contributed by atoms with Crippen LogP contribution in [0.15, 0.2) is 30.3 Å². The summed E-state index contributed by atoms with van der Waals surface area (Å²) in [6, 6.07) is 9.96. The number of carbonyl (C=O) groups is 2. The molecule has 0 bridgehead atoms. The Balaban J connectivity index is 1.78. The van der Waals surface area contributed by atoms with Crippen molar-refractivity contribution in [1.29, 1.82) is 0 Å². The predicted molar refractivity (Wildman–Crippen MR) is 119 cm³/mol. The summed E-state index contributed by atoms with van der Waals surface area (Å²) in [5.41, 5.74) is 3.04. The summed E-state index contributed by atoms with van der Waals surface area (Å²) in [7, 11) is 1.40. The lowest BCUT2D eigenvalue weighted by Gasteiger charge is -2.36. The Morgan fingerprint density at radius 3 is 2.62 bits per heavy atom. The zero-order valence-electron chi connectivity index (χ0n) is 17.8. The number of hydrogen-bond acceptors (Lipinski definition) is 4. The lowest BCUT2D eigenvalue weighted by atomic mass is 9.69. The minimum absolute atomic E-state index is 0.0666. The number of methoxy groups -OCH3 is 1. The predicted octanol–water partition coefficient (Wildman–Crippen LogP) is 5.65. The van der Waals surface area contributed by atoms with Gasteiger partial charge >= 0.3 is 5.97 Å². The highest BCUT2D eigenvalue weighted by Crippen LogP contribution is 2.45. The topological polar surface area (TPSA) is 55.4 Å². The van der Waals surface area contributed by atoms with Crippen LogP contribution >= 0.6 is 11.3 Å². The molecule has 0 aliphatic heterocycles. The van der Waals surface area contributed by atoms with Crippen molar-refractivity contribution in [3.63, 3.8) is 0 Å². The molecular weight excluding hydrogens is 382 g/mol. The second-order valence-electron chi connectivity index (χ2n) is 8.52. The number of nitrogens with one attached hydrogen (secondary N) is 1. The maximum absolute atomic E-state index is 12.6. The minimum atomic E-state index is -0.353. The number of ether oxygens (including phenoxy) is 1. The summed E-state index contributed by atoms with van der Waals surface area (Å²) in [6.07, 6.45) is 5.09. The van der Waals surface area contributed by atoms with Gasteiger partial charge in [0, 0.05) is 11.3 Å². The van der Waals surface area contributed by atoms with Gasteiger partial charge in [0.25, 0.3) is 0 Å². The normalized spacial score (nSPS) is 16.2. The van der Waals surface area contributed by atoms with Crippen molar-refractivity contribution in [2.24, 2.45) is 11.3 Å². The lowest BCUT2D eigenvalue weighted by molar-refractivity contribution is -0.116. The van der Waals surface area contributed by atoms with Gasteiger partial charge in [0.1, 0.15) is 5.00 Å². The molecule has 0 unspecified atom stereocenters. The Morgan fingerprint density at radius 1 is 1.24 bits per heavy atom. The Bertz CT molecular complexity index is 870. The maximum atomic E-state index is 12.6. The highest BCUT2D eigenvalue weighted by atomic mass is 32.1. The summed E-state index contributed by atoms with van der Waals surface area (Å²) in [6.45, 7) is 6.88. The van der Waals surface area contributed by atoms with Gasteiger partial charge in [-0.3, -0.25) is 4.79 Å². The molecular formula is C24H31NO3S. The molecule has 0 saturated carbocycles. The molecule has 1 aliphatic rings.